The molecule has 0 bridgehead atoms. The van der Waals surface area contributed by atoms with Crippen LogP contribution in [0.2, 0.25) is 0 Å². The number of aromatic amines is 1. The Morgan fingerprint density at radius 2 is 2.27 bits per heavy atom. The average Bonchev–Trinajstić information content (AvgIpc) is 2.93. The molecule has 22 heavy (non-hydrogen) atoms. The van der Waals surface area contributed by atoms with E-state index in [2.05, 4.69) is 45.7 Å². The number of halogens is 1. The molecule has 114 valence electrons. The first kappa shape index (κ1) is 15.1. The van der Waals surface area contributed by atoms with Gasteiger partial charge in [0.2, 0.25) is 0 Å². The molecule has 0 aliphatic carbocycles. The Labute approximate surface area is 138 Å². The highest BCUT2D eigenvalue weighted by atomic mass is 79.9. The Balaban J connectivity index is 2.08. The number of amides is 1. The molecule has 2 heterocycles. The third-order valence-electron chi connectivity index (χ3n) is 4.27. The molecule has 0 saturated carbocycles. The molecule has 0 saturated heterocycles. The van der Waals surface area contributed by atoms with Crippen LogP contribution < -0.4 is 0 Å². The Morgan fingerprint density at radius 1 is 1.50 bits per heavy atom. The molecule has 1 unspecified atom stereocenters. The number of carbonyl (C=O) groups is 1. The first-order valence-electron chi connectivity index (χ1n) is 7.50. The maximum Gasteiger partial charge on any atom is 0.261 e. The van der Waals surface area contributed by atoms with E-state index < -0.39 is 0 Å². The molecule has 1 amide bonds. The van der Waals surface area contributed by atoms with E-state index >= 15 is 0 Å². The van der Waals surface area contributed by atoms with E-state index in [0.29, 0.717) is 4.48 Å². The number of nitrogens with one attached hydrogen (secondary N) is 1. The Bertz CT molecular complexity index is 760. The lowest BCUT2D eigenvalue weighted by atomic mass is 9.95. The van der Waals surface area contributed by atoms with Crippen molar-refractivity contribution < 1.29 is 4.79 Å². The maximum absolute atomic E-state index is 12.6. The minimum absolute atomic E-state index is 0.0219. The van der Waals surface area contributed by atoms with Gasteiger partial charge in [-0.1, -0.05) is 30.4 Å². The molecule has 1 aliphatic rings. The fourth-order valence-electron chi connectivity index (χ4n) is 3.23. The summed E-state index contributed by atoms with van der Waals surface area (Å²) in [5.41, 5.74) is 3.63. The van der Waals surface area contributed by atoms with E-state index in [9.17, 15) is 4.79 Å². The summed E-state index contributed by atoms with van der Waals surface area (Å²) < 4.78 is 0.612. The van der Waals surface area contributed by atoms with Gasteiger partial charge in [0, 0.05) is 23.1 Å². The van der Waals surface area contributed by atoms with Crippen molar-refractivity contribution in [1.82, 2.24) is 9.88 Å². The van der Waals surface area contributed by atoms with Gasteiger partial charge in [-0.05, 0) is 47.3 Å². The van der Waals surface area contributed by atoms with Gasteiger partial charge in [-0.25, -0.2) is 0 Å². The quantitative estimate of drug-likeness (QED) is 0.637. The van der Waals surface area contributed by atoms with Crippen LogP contribution in [-0.4, -0.2) is 22.3 Å². The average molecular weight is 359 g/mol. The maximum atomic E-state index is 12.6. The molecule has 1 atom stereocenters. The smallest absolute Gasteiger partial charge is 0.261 e. The lowest BCUT2D eigenvalue weighted by Crippen LogP contribution is -2.40. The van der Waals surface area contributed by atoms with Crippen molar-refractivity contribution in [2.24, 2.45) is 0 Å². The highest BCUT2D eigenvalue weighted by Gasteiger charge is 2.33. The van der Waals surface area contributed by atoms with Gasteiger partial charge in [0.05, 0.1) is 10.5 Å². The predicted octanol–water partition coefficient (Wildman–Crippen LogP) is 4.47. The minimum Gasteiger partial charge on any atom is -0.356 e. The standard InChI is InChI=1S/C18H19BrN2O/c1-3-7-16-17-13(12-8-5-6-9-15(12)20-17)10-11-21(16)18(22)14(19)4-2/h3-6,8-9,16,20H,1,7,10-11H2,2H3/b14-4-. The Kier molecular flexibility index (Phi) is 4.21. The van der Waals surface area contributed by atoms with Crippen molar-refractivity contribution in [2.75, 3.05) is 6.54 Å². The third-order valence-corrected chi connectivity index (χ3v) is 5.06. The molecule has 3 nitrogen and oxygen atoms in total. The van der Waals surface area contributed by atoms with Crippen LogP contribution in [0.1, 0.15) is 30.6 Å². The minimum atomic E-state index is 0.0219. The SMILES string of the molecule is C=CCC1c2[nH]c3ccccc3c2CCN1C(=O)/C(Br)=C/C. The van der Waals surface area contributed by atoms with Gasteiger partial charge in [-0.2, -0.15) is 0 Å². The first-order chi connectivity index (χ1) is 10.7. The highest BCUT2D eigenvalue weighted by Crippen LogP contribution is 2.37. The van der Waals surface area contributed by atoms with Crippen molar-refractivity contribution >= 4 is 32.7 Å². The number of H-pyrrole nitrogens is 1. The number of benzene rings is 1. The Hall–Kier alpha value is -1.81. The van der Waals surface area contributed by atoms with Gasteiger partial charge >= 0.3 is 0 Å². The number of nitrogens with zero attached hydrogens (tertiary/aromatic N) is 1. The van der Waals surface area contributed by atoms with E-state index in [1.165, 1.54) is 10.9 Å². The molecule has 1 aliphatic heterocycles. The number of fused-ring (bicyclic) bond motifs is 3. The molecule has 0 fully saturated rings. The van der Waals surface area contributed by atoms with Crippen LogP contribution in [0.5, 0.6) is 0 Å². The molecule has 1 aromatic carbocycles. The summed E-state index contributed by atoms with van der Waals surface area (Å²) in [7, 11) is 0. The summed E-state index contributed by atoms with van der Waals surface area (Å²) in [5.74, 6) is 0.0404. The molecule has 2 aromatic rings. The number of hydrogen-bond acceptors (Lipinski definition) is 1. The number of hydrogen-bond donors (Lipinski definition) is 1. The zero-order chi connectivity index (χ0) is 15.7. The van der Waals surface area contributed by atoms with Crippen LogP contribution in [0.3, 0.4) is 0 Å². The molecule has 0 radical (unpaired) electrons. The summed E-state index contributed by atoms with van der Waals surface area (Å²) in [4.78, 5) is 18.1. The summed E-state index contributed by atoms with van der Waals surface area (Å²) in [6.07, 6.45) is 5.31. The summed E-state index contributed by atoms with van der Waals surface area (Å²) >= 11 is 3.36. The largest absolute Gasteiger partial charge is 0.356 e. The van der Waals surface area contributed by atoms with E-state index in [1.807, 2.05) is 24.0 Å². The van der Waals surface area contributed by atoms with Gasteiger partial charge in [-0.15, -0.1) is 6.58 Å². The second-order valence-corrected chi connectivity index (χ2v) is 6.34. The van der Waals surface area contributed by atoms with Crippen LogP contribution in [0.25, 0.3) is 10.9 Å². The van der Waals surface area contributed by atoms with Crippen LogP contribution in [-0.2, 0) is 11.2 Å². The van der Waals surface area contributed by atoms with E-state index in [4.69, 9.17) is 0 Å². The number of aromatic nitrogens is 1. The van der Waals surface area contributed by atoms with E-state index in [0.717, 1.165) is 30.6 Å². The molecule has 3 rings (SSSR count). The summed E-state index contributed by atoms with van der Waals surface area (Å²) in [6.45, 7) is 6.46. The highest BCUT2D eigenvalue weighted by molar-refractivity contribution is 9.12. The predicted molar refractivity (Wildman–Crippen MR) is 94.0 cm³/mol. The molecular formula is C18H19BrN2O. The molecule has 1 N–H and O–H groups in total. The van der Waals surface area contributed by atoms with Gasteiger partial charge in [-0.3, -0.25) is 4.79 Å². The topological polar surface area (TPSA) is 36.1 Å². The zero-order valence-corrected chi connectivity index (χ0v) is 14.2. The molecular weight excluding hydrogens is 340 g/mol. The summed E-state index contributed by atoms with van der Waals surface area (Å²) in [6, 6.07) is 8.36. The molecule has 0 spiro atoms. The Morgan fingerprint density at radius 3 is 3.00 bits per heavy atom. The van der Waals surface area contributed by atoms with Crippen molar-refractivity contribution in [1.29, 1.82) is 0 Å². The van der Waals surface area contributed by atoms with Gasteiger partial charge in [0.15, 0.2) is 0 Å². The second-order valence-electron chi connectivity index (χ2n) is 5.49. The first-order valence-corrected chi connectivity index (χ1v) is 8.29. The lowest BCUT2D eigenvalue weighted by Gasteiger charge is -2.35. The summed E-state index contributed by atoms with van der Waals surface area (Å²) in [5, 5.41) is 1.27. The van der Waals surface area contributed by atoms with Crippen LogP contribution >= 0.6 is 15.9 Å². The van der Waals surface area contributed by atoms with Crippen molar-refractivity contribution in [3.63, 3.8) is 0 Å². The second kappa shape index (κ2) is 6.13. The van der Waals surface area contributed by atoms with Crippen LogP contribution in [0.4, 0.5) is 0 Å². The van der Waals surface area contributed by atoms with E-state index in [-0.39, 0.29) is 11.9 Å². The van der Waals surface area contributed by atoms with Gasteiger partial charge in [0.1, 0.15) is 0 Å². The van der Waals surface area contributed by atoms with Crippen molar-refractivity contribution in [3.8, 4) is 0 Å². The van der Waals surface area contributed by atoms with Crippen molar-refractivity contribution in [3.05, 3.63) is 58.7 Å². The third kappa shape index (κ3) is 2.41. The lowest BCUT2D eigenvalue weighted by molar-refractivity contribution is -0.129. The molecule has 4 heteroatoms. The van der Waals surface area contributed by atoms with Crippen LogP contribution in [0, 0.1) is 0 Å². The van der Waals surface area contributed by atoms with Gasteiger partial charge < -0.3 is 9.88 Å². The number of carbonyl (C=O) groups excluding carboxylic acids is 1. The van der Waals surface area contributed by atoms with Gasteiger partial charge in [0.25, 0.3) is 5.91 Å². The zero-order valence-electron chi connectivity index (χ0n) is 12.6. The number of rotatable bonds is 3. The van der Waals surface area contributed by atoms with Crippen molar-refractivity contribution in [2.45, 2.75) is 25.8 Å². The number of para-hydroxylation sites is 1. The monoisotopic (exact) mass is 358 g/mol. The fraction of sp³-hybridized carbons (Fsp3) is 0.278. The van der Waals surface area contributed by atoms with Crippen LogP contribution in [0.15, 0.2) is 47.5 Å². The fourth-order valence-corrected chi connectivity index (χ4v) is 3.45. The van der Waals surface area contributed by atoms with E-state index in [1.54, 1.807) is 6.08 Å². The normalized spacial score (nSPS) is 18.4. The molecule has 1 aromatic heterocycles. The number of allylic oxidation sites excluding steroid dienone is 1.